The van der Waals surface area contributed by atoms with Gasteiger partial charge < -0.3 is 10.2 Å². The van der Waals surface area contributed by atoms with Gasteiger partial charge in [-0.05, 0) is 35.9 Å². The van der Waals surface area contributed by atoms with E-state index in [0.717, 1.165) is 11.3 Å². The van der Waals surface area contributed by atoms with Gasteiger partial charge in [-0.15, -0.1) is 0 Å². The minimum absolute atomic E-state index is 0. The van der Waals surface area contributed by atoms with Crippen molar-refractivity contribution in [1.29, 1.82) is 0 Å². The number of hydrogen-bond acceptors (Lipinski definition) is 3. The van der Waals surface area contributed by atoms with Crippen molar-refractivity contribution in [2.24, 2.45) is 0 Å². The predicted molar refractivity (Wildman–Crippen MR) is 96.9 cm³/mol. The van der Waals surface area contributed by atoms with Gasteiger partial charge in [-0.25, -0.2) is 4.98 Å². The van der Waals surface area contributed by atoms with E-state index in [0.29, 0.717) is 15.9 Å². The van der Waals surface area contributed by atoms with E-state index in [2.05, 4.69) is 4.98 Å². The lowest BCUT2D eigenvalue weighted by molar-refractivity contribution is -0.150. The Morgan fingerprint density at radius 3 is 2.16 bits per heavy atom. The van der Waals surface area contributed by atoms with E-state index < -0.39 is 17.9 Å². The van der Waals surface area contributed by atoms with E-state index in [-0.39, 0.29) is 13.0 Å². The van der Waals surface area contributed by atoms with Crippen LogP contribution in [-0.4, -0.2) is 27.1 Å². The zero-order valence-electron chi connectivity index (χ0n) is 12.3. The number of aliphatic carboxylic acids is 2. The maximum Gasteiger partial charge on any atom is 0.322 e. The molecular weight excluding hydrogens is 342 g/mol. The van der Waals surface area contributed by atoms with Crippen molar-refractivity contribution in [3.05, 3.63) is 65.2 Å². The Hall–Kier alpha value is -2.92. The maximum absolute atomic E-state index is 11.1. The Morgan fingerprint density at radius 1 is 0.920 bits per heavy atom. The number of pyridine rings is 1. The van der Waals surface area contributed by atoms with Crippen molar-refractivity contribution in [3.63, 3.8) is 0 Å². The van der Waals surface area contributed by atoms with Crippen LogP contribution in [0, 0.1) is 0 Å². The Kier molecular flexibility index (Phi) is 5.39. The average molecular weight is 358 g/mol. The predicted octanol–water partition coefficient (Wildman–Crippen LogP) is 4.44. The molecule has 0 fully saturated rings. The van der Waals surface area contributed by atoms with Crippen LogP contribution in [-0.2, 0) is 9.59 Å². The number of carboxylic acid groups (broad SMARTS) is 2. The fourth-order valence-corrected chi connectivity index (χ4v) is 2.62. The van der Waals surface area contributed by atoms with Gasteiger partial charge in [-0.2, -0.15) is 0 Å². The maximum atomic E-state index is 11.1. The number of benzene rings is 2. The summed E-state index contributed by atoms with van der Waals surface area (Å²) in [7, 11) is 0. The SMILES string of the molecule is C.O=C(O)C(C(=O)O)c1ccc2nc(-c3ccc(Cl)cc3)ccc2c1. The van der Waals surface area contributed by atoms with Gasteiger partial charge in [0.15, 0.2) is 5.92 Å². The second-order valence-electron chi connectivity index (χ2n) is 5.27. The molecule has 1 aromatic heterocycles. The van der Waals surface area contributed by atoms with E-state index in [4.69, 9.17) is 21.8 Å². The molecule has 0 radical (unpaired) electrons. The Bertz CT molecular complexity index is 924. The molecular formula is C19H16ClNO4. The zero-order valence-corrected chi connectivity index (χ0v) is 13.1. The first-order chi connectivity index (χ1) is 11.5. The highest BCUT2D eigenvalue weighted by Crippen LogP contribution is 2.25. The topological polar surface area (TPSA) is 87.5 Å². The largest absolute Gasteiger partial charge is 0.480 e. The molecule has 128 valence electrons. The standard InChI is InChI=1S/C18H12ClNO4.CH4/c19-13-5-1-10(2-6-13)14-7-3-11-9-12(4-8-15(11)20-14)16(17(21)22)18(23)24;/h1-9,16H,(H,21,22)(H,23,24);1H4. The third kappa shape index (κ3) is 3.78. The first-order valence-corrected chi connectivity index (χ1v) is 7.46. The zero-order chi connectivity index (χ0) is 17.3. The van der Waals surface area contributed by atoms with Crippen molar-refractivity contribution >= 4 is 34.4 Å². The first kappa shape index (κ1) is 18.4. The molecule has 1 heterocycles. The van der Waals surface area contributed by atoms with Crippen molar-refractivity contribution in [2.45, 2.75) is 13.3 Å². The number of fused-ring (bicyclic) bond motifs is 1. The lowest BCUT2D eigenvalue weighted by Crippen LogP contribution is -2.20. The monoisotopic (exact) mass is 357 g/mol. The van der Waals surface area contributed by atoms with E-state index >= 15 is 0 Å². The van der Waals surface area contributed by atoms with Crippen LogP contribution in [0.25, 0.3) is 22.2 Å². The van der Waals surface area contributed by atoms with Crippen molar-refractivity contribution < 1.29 is 19.8 Å². The summed E-state index contributed by atoms with van der Waals surface area (Å²) in [6.07, 6.45) is 0. The molecule has 0 aliphatic heterocycles. The third-order valence-corrected chi connectivity index (χ3v) is 3.93. The Labute approximate surface area is 149 Å². The molecule has 0 atom stereocenters. The van der Waals surface area contributed by atoms with Gasteiger partial charge in [0.25, 0.3) is 0 Å². The second-order valence-corrected chi connectivity index (χ2v) is 5.70. The molecule has 3 aromatic rings. The molecule has 3 rings (SSSR count). The number of nitrogens with zero attached hydrogens (tertiary/aromatic N) is 1. The lowest BCUT2D eigenvalue weighted by atomic mass is 9.97. The van der Waals surface area contributed by atoms with Crippen LogP contribution < -0.4 is 0 Å². The average Bonchev–Trinajstić information content (AvgIpc) is 2.54. The minimum atomic E-state index is -1.59. The minimum Gasteiger partial charge on any atom is -0.480 e. The summed E-state index contributed by atoms with van der Waals surface area (Å²) in [5.74, 6) is -4.38. The van der Waals surface area contributed by atoms with Crippen LogP contribution in [0.5, 0.6) is 0 Å². The molecule has 2 N–H and O–H groups in total. The number of halogens is 1. The molecule has 0 saturated carbocycles. The van der Waals surface area contributed by atoms with Crippen LogP contribution in [0.15, 0.2) is 54.6 Å². The summed E-state index contributed by atoms with van der Waals surface area (Å²) in [5, 5.41) is 19.5. The van der Waals surface area contributed by atoms with E-state index in [1.54, 1.807) is 36.4 Å². The summed E-state index contributed by atoms with van der Waals surface area (Å²) < 4.78 is 0. The summed E-state index contributed by atoms with van der Waals surface area (Å²) >= 11 is 5.88. The van der Waals surface area contributed by atoms with E-state index in [9.17, 15) is 9.59 Å². The molecule has 0 bridgehead atoms. The fraction of sp³-hybridized carbons (Fsp3) is 0.105. The molecule has 0 amide bonds. The number of hydrogen-bond donors (Lipinski definition) is 2. The number of rotatable bonds is 4. The Balaban J connectivity index is 0.00000225. The smallest absolute Gasteiger partial charge is 0.322 e. The molecule has 0 unspecified atom stereocenters. The second kappa shape index (κ2) is 7.32. The highest BCUT2D eigenvalue weighted by Gasteiger charge is 2.27. The highest BCUT2D eigenvalue weighted by atomic mass is 35.5. The van der Waals surface area contributed by atoms with Gasteiger partial charge in [0.05, 0.1) is 11.2 Å². The summed E-state index contributed by atoms with van der Waals surface area (Å²) in [6.45, 7) is 0. The number of carbonyl (C=O) groups is 2. The van der Waals surface area contributed by atoms with E-state index in [1.807, 2.05) is 12.1 Å². The van der Waals surface area contributed by atoms with Crippen LogP contribution >= 0.6 is 11.6 Å². The van der Waals surface area contributed by atoms with Crippen molar-refractivity contribution in [2.75, 3.05) is 0 Å². The van der Waals surface area contributed by atoms with Crippen LogP contribution in [0.2, 0.25) is 5.02 Å². The molecule has 0 spiro atoms. The summed E-state index contributed by atoms with van der Waals surface area (Å²) in [5.41, 5.74) is 2.52. The molecule has 25 heavy (non-hydrogen) atoms. The quantitative estimate of drug-likeness (QED) is 0.674. The summed E-state index contributed by atoms with van der Waals surface area (Å²) in [6, 6.07) is 15.5. The van der Waals surface area contributed by atoms with E-state index in [1.165, 1.54) is 6.07 Å². The molecule has 2 aromatic carbocycles. The number of aromatic nitrogens is 1. The first-order valence-electron chi connectivity index (χ1n) is 7.08. The molecule has 0 aliphatic rings. The van der Waals surface area contributed by atoms with Gasteiger partial charge in [-0.3, -0.25) is 9.59 Å². The highest BCUT2D eigenvalue weighted by molar-refractivity contribution is 6.30. The van der Waals surface area contributed by atoms with Gasteiger partial charge in [0.1, 0.15) is 0 Å². The van der Waals surface area contributed by atoms with Gasteiger partial charge in [-0.1, -0.05) is 43.3 Å². The molecule has 5 nitrogen and oxygen atoms in total. The van der Waals surface area contributed by atoms with Crippen LogP contribution in [0.3, 0.4) is 0 Å². The lowest BCUT2D eigenvalue weighted by Gasteiger charge is -2.09. The normalized spacial score (nSPS) is 10.5. The number of carboxylic acids is 2. The summed E-state index contributed by atoms with van der Waals surface area (Å²) in [4.78, 5) is 26.8. The third-order valence-electron chi connectivity index (χ3n) is 3.68. The van der Waals surface area contributed by atoms with Crippen molar-refractivity contribution in [3.8, 4) is 11.3 Å². The molecule has 6 heteroatoms. The van der Waals surface area contributed by atoms with Gasteiger partial charge in [0, 0.05) is 16.0 Å². The van der Waals surface area contributed by atoms with Gasteiger partial charge in [0.2, 0.25) is 0 Å². The van der Waals surface area contributed by atoms with Gasteiger partial charge >= 0.3 is 11.9 Å². The molecule has 0 aliphatic carbocycles. The Morgan fingerprint density at radius 2 is 1.56 bits per heavy atom. The van der Waals surface area contributed by atoms with Crippen LogP contribution in [0.4, 0.5) is 0 Å². The van der Waals surface area contributed by atoms with Crippen molar-refractivity contribution in [1.82, 2.24) is 4.98 Å². The molecule has 0 saturated heterocycles. The van der Waals surface area contributed by atoms with Crippen LogP contribution in [0.1, 0.15) is 18.9 Å². The fourth-order valence-electron chi connectivity index (χ4n) is 2.50.